The molecule has 0 unspecified atom stereocenters. The van der Waals surface area contributed by atoms with E-state index in [2.05, 4.69) is 4.98 Å². The third-order valence-electron chi connectivity index (χ3n) is 3.39. The maximum atomic E-state index is 11.1. The normalized spacial score (nSPS) is 10.4. The molecule has 122 valence electrons. The zero-order valence-corrected chi connectivity index (χ0v) is 14.0. The number of para-hydroxylation sites is 2. The van der Waals surface area contributed by atoms with Crippen LogP contribution >= 0.6 is 11.3 Å². The lowest BCUT2D eigenvalue weighted by Gasteiger charge is -2.10. The Balaban J connectivity index is 1.83. The van der Waals surface area contributed by atoms with Crippen molar-refractivity contribution in [1.29, 1.82) is 0 Å². The molecule has 0 aliphatic carbocycles. The molecule has 0 atom stereocenters. The first kappa shape index (κ1) is 16.0. The van der Waals surface area contributed by atoms with Gasteiger partial charge in [0.1, 0.15) is 15.6 Å². The maximum absolute atomic E-state index is 11.1. The second-order valence-electron chi connectivity index (χ2n) is 5.02. The molecule has 0 bridgehead atoms. The van der Waals surface area contributed by atoms with E-state index in [9.17, 15) is 4.79 Å². The number of aromatic carboxylic acids is 1. The van der Waals surface area contributed by atoms with Gasteiger partial charge in [-0.05, 0) is 43.3 Å². The van der Waals surface area contributed by atoms with Crippen LogP contribution in [0.1, 0.15) is 15.4 Å². The van der Waals surface area contributed by atoms with Crippen LogP contribution in [0.25, 0.3) is 10.6 Å². The second-order valence-corrected chi connectivity index (χ2v) is 6.02. The van der Waals surface area contributed by atoms with E-state index in [-0.39, 0.29) is 4.88 Å². The van der Waals surface area contributed by atoms with Crippen molar-refractivity contribution in [1.82, 2.24) is 4.98 Å². The summed E-state index contributed by atoms with van der Waals surface area (Å²) in [6.45, 7) is 1.70. The van der Waals surface area contributed by atoms with Crippen molar-refractivity contribution in [2.24, 2.45) is 0 Å². The molecule has 1 N–H and O–H groups in total. The fourth-order valence-corrected chi connectivity index (χ4v) is 3.12. The van der Waals surface area contributed by atoms with E-state index in [1.54, 1.807) is 14.0 Å². The molecule has 0 saturated heterocycles. The highest BCUT2D eigenvalue weighted by Gasteiger charge is 2.15. The largest absolute Gasteiger partial charge is 0.493 e. The van der Waals surface area contributed by atoms with Gasteiger partial charge in [-0.1, -0.05) is 12.1 Å². The molecule has 0 spiro atoms. The first-order chi connectivity index (χ1) is 11.6. The minimum atomic E-state index is -0.952. The molecule has 6 heteroatoms. The van der Waals surface area contributed by atoms with Crippen molar-refractivity contribution in [3.8, 4) is 27.8 Å². The Hall–Kier alpha value is -2.86. The summed E-state index contributed by atoms with van der Waals surface area (Å²) in [5.41, 5.74) is 1.37. The molecule has 3 aromatic rings. The van der Waals surface area contributed by atoms with Gasteiger partial charge in [-0.2, -0.15) is 0 Å². The lowest BCUT2D eigenvalue weighted by atomic mass is 10.2. The molecule has 1 heterocycles. The Labute approximate surface area is 143 Å². The number of nitrogens with zero attached hydrogens (tertiary/aromatic N) is 1. The molecule has 0 radical (unpaired) electrons. The predicted octanol–water partition coefficient (Wildman–Crippen LogP) is 4.62. The van der Waals surface area contributed by atoms with Crippen molar-refractivity contribution in [3.63, 3.8) is 0 Å². The van der Waals surface area contributed by atoms with Gasteiger partial charge in [0.05, 0.1) is 12.8 Å². The fraction of sp³-hybridized carbons (Fsp3) is 0.111. The van der Waals surface area contributed by atoms with Gasteiger partial charge in [-0.3, -0.25) is 0 Å². The smallest absolute Gasteiger partial charge is 0.347 e. The number of carboxylic acid groups (broad SMARTS) is 1. The first-order valence-electron chi connectivity index (χ1n) is 7.20. The summed E-state index contributed by atoms with van der Waals surface area (Å²) in [4.78, 5) is 15.7. The summed E-state index contributed by atoms with van der Waals surface area (Å²) in [6.07, 6.45) is 0. The van der Waals surface area contributed by atoms with E-state index in [1.165, 1.54) is 11.3 Å². The molecule has 24 heavy (non-hydrogen) atoms. The number of ether oxygens (including phenoxy) is 2. The summed E-state index contributed by atoms with van der Waals surface area (Å²) in [5, 5.41) is 9.80. The van der Waals surface area contributed by atoms with E-state index in [0.717, 1.165) is 5.56 Å². The van der Waals surface area contributed by atoms with Crippen molar-refractivity contribution in [2.75, 3.05) is 7.11 Å². The van der Waals surface area contributed by atoms with Gasteiger partial charge >= 0.3 is 5.97 Å². The van der Waals surface area contributed by atoms with Crippen LogP contribution in [0.2, 0.25) is 0 Å². The van der Waals surface area contributed by atoms with Gasteiger partial charge in [0.2, 0.25) is 0 Å². The number of methoxy groups -OCH3 is 1. The number of aryl methyl sites for hydroxylation is 1. The number of rotatable bonds is 5. The number of thiazole rings is 1. The van der Waals surface area contributed by atoms with E-state index in [1.807, 2.05) is 48.5 Å². The second kappa shape index (κ2) is 6.72. The zero-order valence-electron chi connectivity index (χ0n) is 13.1. The first-order valence-corrected chi connectivity index (χ1v) is 8.02. The average molecular weight is 341 g/mol. The summed E-state index contributed by atoms with van der Waals surface area (Å²) < 4.78 is 11.1. The fourth-order valence-electron chi connectivity index (χ4n) is 2.21. The van der Waals surface area contributed by atoms with E-state index < -0.39 is 5.97 Å². The summed E-state index contributed by atoms with van der Waals surface area (Å²) >= 11 is 1.17. The van der Waals surface area contributed by atoms with Gasteiger partial charge in [0, 0.05) is 5.56 Å². The number of hydrogen-bond acceptors (Lipinski definition) is 5. The van der Waals surface area contributed by atoms with E-state index in [4.69, 9.17) is 14.6 Å². The molecule has 0 saturated carbocycles. The summed E-state index contributed by atoms with van der Waals surface area (Å²) in [7, 11) is 1.59. The van der Waals surface area contributed by atoms with Crippen molar-refractivity contribution < 1.29 is 19.4 Å². The molecule has 0 amide bonds. The van der Waals surface area contributed by atoms with E-state index in [0.29, 0.717) is 28.0 Å². The maximum Gasteiger partial charge on any atom is 0.347 e. The number of carboxylic acids is 1. The molecule has 1 aromatic heterocycles. The number of carbonyl (C=O) groups is 1. The number of aromatic nitrogens is 1. The molecule has 0 fully saturated rings. The molecule has 0 aliphatic heterocycles. The highest BCUT2D eigenvalue weighted by atomic mass is 32.1. The highest BCUT2D eigenvalue weighted by molar-refractivity contribution is 7.17. The quantitative estimate of drug-likeness (QED) is 0.733. The van der Waals surface area contributed by atoms with Gasteiger partial charge in [0.15, 0.2) is 11.5 Å². The standard InChI is InChI=1S/C18H15NO4S/c1-11-16(18(20)21)24-17(19-11)12-7-9-13(10-8-12)23-15-6-4-3-5-14(15)22-2/h3-10H,1-2H3,(H,20,21). The topological polar surface area (TPSA) is 68.7 Å². The average Bonchev–Trinajstić information content (AvgIpc) is 2.98. The lowest BCUT2D eigenvalue weighted by Crippen LogP contribution is -1.94. The minimum Gasteiger partial charge on any atom is -0.493 e. The highest BCUT2D eigenvalue weighted by Crippen LogP contribution is 2.33. The van der Waals surface area contributed by atoms with Crippen molar-refractivity contribution in [3.05, 3.63) is 59.1 Å². The molecule has 5 nitrogen and oxygen atoms in total. The summed E-state index contributed by atoms with van der Waals surface area (Å²) in [6, 6.07) is 14.8. The molecular formula is C18H15NO4S. The Morgan fingerprint density at radius 2 is 1.75 bits per heavy atom. The minimum absolute atomic E-state index is 0.263. The Bertz CT molecular complexity index is 871. The van der Waals surface area contributed by atoms with Crippen LogP contribution < -0.4 is 9.47 Å². The van der Waals surface area contributed by atoms with Gasteiger partial charge in [-0.15, -0.1) is 11.3 Å². The Kier molecular flexibility index (Phi) is 4.48. The Morgan fingerprint density at radius 1 is 1.08 bits per heavy atom. The van der Waals surface area contributed by atoms with Gasteiger partial charge in [0.25, 0.3) is 0 Å². The van der Waals surface area contributed by atoms with Crippen molar-refractivity contribution in [2.45, 2.75) is 6.92 Å². The van der Waals surface area contributed by atoms with Crippen LogP contribution in [0.4, 0.5) is 0 Å². The van der Waals surface area contributed by atoms with Crippen LogP contribution in [0.3, 0.4) is 0 Å². The Morgan fingerprint density at radius 3 is 2.33 bits per heavy atom. The van der Waals surface area contributed by atoms with Crippen LogP contribution in [0, 0.1) is 6.92 Å². The van der Waals surface area contributed by atoms with Crippen molar-refractivity contribution >= 4 is 17.3 Å². The van der Waals surface area contributed by atoms with Gasteiger partial charge < -0.3 is 14.6 Å². The zero-order chi connectivity index (χ0) is 17.1. The SMILES string of the molecule is COc1ccccc1Oc1ccc(-c2nc(C)c(C(=O)O)s2)cc1. The third kappa shape index (κ3) is 3.23. The summed E-state index contributed by atoms with van der Waals surface area (Å²) in [5.74, 6) is 0.997. The molecule has 3 rings (SSSR count). The van der Waals surface area contributed by atoms with Crippen LogP contribution in [-0.2, 0) is 0 Å². The van der Waals surface area contributed by atoms with Crippen LogP contribution in [0.15, 0.2) is 48.5 Å². The van der Waals surface area contributed by atoms with E-state index >= 15 is 0 Å². The monoisotopic (exact) mass is 341 g/mol. The lowest BCUT2D eigenvalue weighted by molar-refractivity contribution is 0.0701. The molecule has 0 aliphatic rings. The van der Waals surface area contributed by atoms with Gasteiger partial charge in [-0.25, -0.2) is 9.78 Å². The molecular weight excluding hydrogens is 326 g/mol. The number of hydrogen-bond donors (Lipinski definition) is 1. The van der Waals surface area contributed by atoms with Crippen LogP contribution in [-0.4, -0.2) is 23.2 Å². The number of benzene rings is 2. The molecule has 2 aromatic carbocycles. The van der Waals surface area contributed by atoms with Crippen LogP contribution in [0.5, 0.6) is 17.2 Å². The predicted molar refractivity (Wildman–Crippen MR) is 92.3 cm³/mol. The third-order valence-corrected chi connectivity index (χ3v) is 4.58.